The van der Waals surface area contributed by atoms with Crippen LogP contribution in [0.4, 0.5) is 0 Å². The van der Waals surface area contributed by atoms with Gasteiger partial charge in [-0.05, 0) is 22.2 Å². The summed E-state index contributed by atoms with van der Waals surface area (Å²) in [6.07, 6.45) is 0.758. The maximum atomic E-state index is 9.08. The van der Waals surface area contributed by atoms with Crippen molar-refractivity contribution in [2.24, 2.45) is 0 Å². The van der Waals surface area contributed by atoms with Gasteiger partial charge in [-0.2, -0.15) is 0 Å². The second-order valence-corrected chi connectivity index (χ2v) is 3.49. The molecule has 1 N–H and O–H groups in total. The summed E-state index contributed by atoms with van der Waals surface area (Å²) in [5, 5.41) is 9.08. The van der Waals surface area contributed by atoms with E-state index in [1.165, 1.54) is 0 Å². The van der Waals surface area contributed by atoms with E-state index in [4.69, 9.17) is 5.11 Å². The second kappa shape index (κ2) is 3.58. The molecule has 1 aromatic carbocycles. The molecular weight excluding hydrogens is 204 g/mol. The third-order valence-corrected chi connectivity index (χ3v) is 1.59. The molecule has 0 unspecified atom stereocenters. The number of hydrogen-bond acceptors (Lipinski definition) is 1. The van der Waals surface area contributed by atoms with Gasteiger partial charge in [0.15, 0.2) is 0 Å². The number of aromatic hydroxyl groups is 1. The van der Waals surface area contributed by atoms with Gasteiger partial charge in [-0.15, -0.1) is 0 Å². The summed E-state index contributed by atoms with van der Waals surface area (Å²) < 4.78 is 0.920. The SMILES string of the molecule is C=C(Br)Cc1cccc(O)c1. The van der Waals surface area contributed by atoms with Crippen LogP contribution in [-0.4, -0.2) is 5.11 Å². The zero-order chi connectivity index (χ0) is 8.27. The lowest BCUT2D eigenvalue weighted by Gasteiger charge is -1.98. The standard InChI is InChI=1S/C9H9BrO/c1-7(10)5-8-3-2-4-9(11)6-8/h2-4,6,11H,1,5H2. The first-order valence-electron chi connectivity index (χ1n) is 3.29. The van der Waals surface area contributed by atoms with Crippen molar-refractivity contribution >= 4 is 15.9 Å². The number of hydrogen-bond donors (Lipinski definition) is 1. The highest BCUT2D eigenvalue weighted by molar-refractivity contribution is 9.11. The Morgan fingerprint density at radius 2 is 2.27 bits per heavy atom. The van der Waals surface area contributed by atoms with Gasteiger partial charge in [0.05, 0.1) is 0 Å². The number of phenols is 1. The summed E-state index contributed by atoms with van der Waals surface area (Å²) in [4.78, 5) is 0. The highest BCUT2D eigenvalue weighted by Gasteiger charge is 1.94. The largest absolute Gasteiger partial charge is 0.508 e. The van der Waals surface area contributed by atoms with Gasteiger partial charge in [-0.25, -0.2) is 0 Å². The highest BCUT2D eigenvalue weighted by atomic mass is 79.9. The molecule has 0 fully saturated rings. The second-order valence-electron chi connectivity index (χ2n) is 2.36. The van der Waals surface area contributed by atoms with Crippen molar-refractivity contribution in [3.63, 3.8) is 0 Å². The molecule has 11 heavy (non-hydrogen) atoms. The Morgan fingerprint density at radius 1 is 1.55 bits per heavy atom. The Morgan fingerprint density at radius 3 is 2.82 bits per heavy atom. The fourth-order valence-corrected chi connectivity index (χ4v) is 1.21. The maximum absolute atomic E-state index is 9.08. The topological polar surface area (TPSA) is 20.2 Å². The van der Waals surface area contributed by atoms with Crippen molar-refractivity contribution in [3.8, 4) is 5.75 Å². The molecule has 0 saturated heterocycles. The van der Waals surface area contributed by atoms with Crippen molar-refractivity contribution in [1.29, 1.82) is 0 Å². The Labute approximate surface area is 74.5 Å². The van der Waals surface area contributed by atoms with Crippen molar-refractivity contribution in [2.45, 2.75) is 6.42 Å². The molecule has 2 heteroatoms. The molecule has 0 bridgehead atoms. The summed E-state index contributed by atoms with van der Waals surface area (Å²) >= 11 is 3.26. The number of rotatable bonds is 2. The molecule has 1 nitrogen and oxygen atoms in total. The Kier molecular flexibility index (Phi) is 2.71. The highest BCUT2D eigenvalue weighted by Crippen LogP contribution is 2.15. The summed E-state index contributed by atoms with van der Waals surface area (Å²) in [5.74, 6) is 0.302. The Bertz CT molecular complexity index is 268. The van der Waals surface area contributed by atoms with Gasteiger partial charge >= 0.3 is 0 Å². The minimum Gasteiger partial charge on any atom is -0.508 e. The molecule has 58 valence electrons. The maximum Gasteiger partial charge on any atom is 0.115 e. The first kappa shape index (κ1) is 8.34. The smallest absolute Gasteiger partial charge is 0.115 e. The predicted octanol–water partition coefficient (Wildman–Crippen LogP) is 2.84. The molecule has 1 rings (SSSR count). The minimum absolute atomic E-state index is 0.302. The third kappa shape index (κ3) is 2.76. The molecule has 0 aliphatic heterocycles. The van der Waals surface area contributed by atoms with E-state index in [0.717, 1.165) is 16.5 Å². The average molecular weight is 213 g/mol. The van der Waals surface area contributed by atoms with Crippen molar-refractivity contribution in [2.75, 3.05) is 0 Å². The number of phenolic OH excluding ortho intramolecular Hbond substituents is 1. The van der Waals surface area contributed by atoms with E-state index in [1.807, 2.05) is 12.1 Å². The quantitative estimate of drug-likeness (QED) is 0.800. The number of allylic oxidation sites excluding steroid dienone is 1. The van der Waals surface area contributed by atoms with Crippen LogP contribution in [0.25, 0.3) is 0 Å². The lowest BCUT2D eigenvalue weighted by atomic mass is 10.1. The molecule has 0 spiro atoms. The zero-order valence-corrected chi connectivity index (χ0v) is 7.63. The van der Waals surface area contributed by atoms with Gasteiger partial charge in [0.25, 0.3) is 0 Å². The van der Waals surface area contributed by atoms with Crippen LogP contribution < -0.4 is 0 Å². The van der Waals surface area contributed by atoms with Crippen LogP contribution in [0, 0.1) is 0 Å². The molecule has 0 aliphatic carbocycles. The van der Waals surface area contributed by atoms with Crippen molar-refractivity contribution < 1.29 is 5.11 Å². The van der Waals surface area contributed by atoms with E-state index in [9.17, 15) is 0 Å². The fraction of sp³-hybridized carbons (Fsp3) is 0.111. The normalized spacial score (nSPS) is 9.55. The number of benzene rings is 1. The van der Waals surface area contributed by atoms with Gasteiger partial charge in [-0.3, -0.25) is 0 Å². The van der Waals surface area contributed by atoms with E-state index in [1.54, 1.807) is 12.1 Å². The van der Waals surface area contributed by atoms with Crippen LogP contribution in [0.15, 0.2) is 35.3 Å². The summed E-state index contributed by atoms with van der Waals surface area (Å²) in [5.41, 5.74) is 1.06. The lowest BCUT2D eigenvalue weighted by Crippen LogP contribution is -1.81. The fourth-order valence-electron chi connectivity index (χ4n) is 0.888. The molecular formula is C9H9BrO. The molecule has 0 heterocycles. The average Bonchev–Trinajstić information content (AvgIpc) is 1.85. The van der Waals surface area contributed by atoms with Crippen LogP contribution in [0.2, 0.25) is 0 Å². The first-order valence-corrected chi connectivity index (χ1v) is 4.09. The van der Waals surface area contributed by atoms with Gasteiger partial charge in [-0.1, -0.05) is 34.6 Å². The minimum atomic E-state index is 0.302. The van der Waals surface area contributed by atoms with Gasteiger partial charge in [0.2, 0.25) is 0 Å². The third-order valence-electron chi connectivity index (χ3n) is 1.31. The van der Waals surface area contributed by atoms with E-state index in [-0.39, 0.29) is 0 Å². The van der Waals surface area contributed by atoms with Crippen LogP contribution >= 0.6 is 15.9 Å². The van der Waals surface area contributed by atoms with Crippen molar-refractivity contribution in [1.82, 2.24) is 0 Å². The van der Waals surface area contributed by atoms with E-state index in [2.05, 4.69) is 22.5 Å². The van der Waals surface area contributed by atoms with E-state index < -0.39 is 0 Å². The lowest BCUT2D eigenvalue weighted by molar-refractivity contribution is 0.474. The van der Waals surface area contributed by atoms with Crippen LogP contribution in [0.1, 0.15) is 5.56 Å². The molecule has 0 saturated carbocycles. The first-order chi connectivity index (χ1) is 5.18. The predicted molar refractivity (Wildman–Crippen MR) is 49.9 cm³/mol. The van der Waals surface area contributed by atoms with Crippen LogP contribution in [0.5, 0.6) is 5.75 Å². The summed E-state index contributed by atoms with van der Waals surface area (Å²) in [6, 6.07) is 7.15. The summed E-state index contributed by atoms with van der Waals surface area (Å²) in [6.45, 7) is 3.72. The molecule has 0 amide bonds. The molecule has 0 atom stereocenters. The molecule has 0 aromatic heterocycles. The van der Waals surface area contributed by atoms with E-state index in [0.29, 0.717) is 5.75 Å². The summed E-state index contributed by atoms with van der Waals surface area (Å²) in [7, 11) is 0. The van der Waals surface area contributed by atoms with Gasteiger partial charge in [0.1, 0.15) is 5.75 Å². The molecule has 0 aliphatic rings. The monoisotopic (exact) mass is 212 g/mol. The van der Waals surface area contributed by atoms with Gasteiger partial charge < -0.3 is 5.11 Å². The Hall–Kier alpha value is -0.760. The van der Waals surface area contributed by atoms with Crippen LogP contribution in [0.3, 0.4) is 0 Å². The van der Waals surface area contributed by atoms with Gasteiger partial charge in [0, 0.05) is 6.42 Å². The number of halogens is 1. The van der Waals surface area contributed by atoms with E-state index >= 15 is 0 Å². The zero-order valence-electron chi connectivity index (χ0n) is 6.05. The molecule has 0 radical (unpaired) electrons. The molecule has 1 aromatic rings. The van der Waals surface area contributed by atoms with Crippen LogP contribution in [-0.2, 0) is 6.42 Å². The Balaban J connectivity index is 2.79. The van der Waals surface area contributed by atoms with Crippen molar-refractivity contribution in [3.05, 3.63) is 40.9 Å².